The molecule has 0 radical (unpaired) electrons. The van der Waals surface area contributed by atoms with E-state index in [1.165, 1.54) is 17.7 Å². The van der Waals surface area contributed by atoms with Crippen molar-refractivity contribution in [3.63, 3.8) is 0 Å². The summed E-state index contributed by atoms with van der Waals surface area (Å²) in [7, 11) is 1.66. The van der Waals surface area contributed by atoms with Gasteiger partial charge in [0.25, 0.3) is 5.91 Å². The zero-order valence-corrected chi connectivity index (χ0v) is 15.7. The van der Waals surface area contributed by atoms with E-state index in [0.717, 1.165) is 42.1 Å². The molecule has 1 saturated heterocycles. The van der Waals surface area contributed by atoms with Gasteiger partial charge in [-0.05, 0) is 23.3 Å². The van der Waals surface area contributed by atoms with Crippen molar-refractivity contribution in [1.82, 2.24) is 5.01 Å². The average Bonchev–Trinajstić information content (AvgIpc) is 3.39. The number of likely N-dealkylation sites (tertiary alicyclic amines) is 1. The molecule has 140 valence electrons. The highest BCUT2D eigenvalue weighted by atomic mass is 16.5. The van der Waals surface area contributed by atoms with Gasteiger partial charge in [-0.3, -0.25) is 4.79 Å². The number of carbonyl (C=O) groups is 1. The standard InChI is InChI=1S/C22H25N3O2/c1-27-19-11-9-18(10-12-19)21-15-20(17-7-3-2-4-8-17)23-25(21)22(26)16-24-13-5-6-14-24/h2-4,7-12,21H,5-6,13-16H2,1H3/p+1/t21-/m0/s1. The molecule has 2 aliphatic heterocycles. The zero-order valence-electron chi connectivity index (χ0n) is 15.7. The van der Waals surface area contributed by atoms with E-state index < -0.39 is 0 Å². The summed E-state index contributed by atoms with van der Waals surface area (Å²) in [6, 6.07) is 18.1. The number of nitrogens with one attached hydrogen (secondary N) is 1. The monoisotopic (exact) mass is 364 g/mol. The molecule has 2 heterocycles. The van der Waals surface area contributed by atoms with E-state index >= 15 is 0 Å². The summed E-state index contributed by atoms with van der Waals surface area (Å²) in [6.07, 6.45) is 3.16. The minimum absolute atomic E-state index is 0.0550. The summed E-state index contributed by atoms with van der Waals surface area (Å²) < 4.78 is 5.27. The zero-order chi connectivity index (χ0) is 18.6. The maximum Gasteiger partial charge on any atom is 0.298 e. The van der Waals surface area contributed by atoms with Crippen LogP contribution in [0.15, 0.2) is 59.7 Å². The first kappa shape index (κ1) is 17.7. The van der Waals surface area contributed by atoms with Crippen LogP contribution in [0, 0.1) is 0 Å². The fourth-order valence-corrected chi connectivity index (χ4v) is 3.98. The predicted octanol–water partition coefficient (Wildman–Crippen LogP) is 2.05. The SMILES string of the molecule is COc1ccc([C@@H]2CC(c3ccccc3)=NN2C(=O)C[NH+]2CCCC2)cc1. The van der Waals surface area contributed by atoms with Crippen LogP contribution in [0.25, 0.3) is 0 Å². The summed E-state index contributed by atoms with van der Waals surface area (Å²) in [5, 5.41) is 6.47. The first-order chi connectivity index (χ1) is 13.2. The molecule has 0 saturated carbocycles. The van der Waals surface area contributed by atoms with Crippen molar-refractivity contribution in [1.29, 1.82) is 0 Å². The predicted molar refractivity (Wildman–Crippen MR) is 105 cm³/mol. The van der Waals surface area contributed by atoms with Crippen molar-refractivity contribution >= 4 is 11.6 Å². The first-order valence-electron chi connectivity index (χ1n) is 9.67. The van der Waals surface area contributed by atoms with Gasteiger partial charge in [-0.15, -0.1) is 0 Å². The third kappa shape index (κ3) is 3.88. The van der Waals surface area contributed by atoms with Gasteiger partial charge in [0.05, 0.1) is 32.0 Å². The second-order valence-electron chi connectivity index (χ2n) is 7.28. The van der Waals surface area contributed by atoms with Gasteiger partial charge in [0, 0.05) is 19.3 Å². The van der Waals surface area contributed by atoms with Gasteiger partial charge in [-0.2, -0.15) is 5.10 Å². The Morgan fingerprint density at radius 1 is 1.11 bits per heavy atom. The van der Waals surface area contributed by atoms with E-state index in [9.17, 15) is 4.79 Å². The molecule has 5 heteroatoms. The number of hydrogen-bond acceptors (Lipinski definition) is 3. The minimum atomic E-state index is -0.0550. The highest BCUT2D eigenvalue weighted by Gasteiger charge is 2.35. The van der Waals surface area contributed by atoms with Crippen molar-refractivity contribution in [2.75, 3.05) is 26.7 Å². The molecular formula is C22H26N3O2+. The van der Waals surface area contributed by atoms with Crippen LogP contribution in [-0.4, -0.2) is 43.4 Å². The minimum Gasteiger partial charge on any atom is -0.497 e. The second kappa shape index (κ2) is 7.92. The number of hydrogen-bond donors (Lipinski definition) is 1. The highest BCUT2D eigenvalue weighted by Crippen LogP contribution is 2.33. The summed E-state index contributed by atoms with van der Waals surface area (Å²) in [6.45, 7) is 2.70. The van der Waals surface area contributed by atoms with Crippen molar-refractivity contribution < 1.29 is 14.4 Å². The molecule has 5 nitrogen and oxygen atoms in total. The van der Waals surface area contributed by atoms with Gasteiger partial charge in [0.1, 0.15) is 5.75 Å². The Morgan fingerprint density at radius 3 is 2.48 bits per heavy atom. The van der Waals surface area contributed by atoms with Crippen molar-refractivity contribution in [3.05, 3.63) is 65.7 Å². The smallest absolute Gasteiger partial charge is 0.298 e. The second-order valence-corrected chi connectivity index (χ2v) is 7.28. The number of amides is 1. The van der Waals surface area contributed by atoms with Crippen molar-refractivity contribution in [2.45, 2.75) is 25.3 Å². The van der Waals surface area contributed by atoms with Gasteiger partial charge in [-0.25, -0.2) is 5.01 Å². The Hall–Kier alpha value is -2.66. The Bertz CT molecular complexity index is 811. The van der Waals surface area contributed by atoms with Crippen LogP contribution in [-0.2, 0) is 4.79 Å². The molecule has 2 aromatic carbocycles. The van der Waals surface area contributed by atoms with Gasteiger partial charge in [0.15, 0.2) is 6.54 Å². The Balaban J connectivity index is 1.60. The molecule has 0 bridgehead atoms. The Morgan fingerprint density at radius 2 is 1.81 bits per heavy atom. The van der Waals surface area contributed by atoms with Gasteiger partial charge < -0.3 is 9.64 Å². The van der Waals surface area contributed by atoms with Gasteiger partial charge in [-0.1, -0.05) is 42.5 Å². The third-order valence-electron chi connectivity index (χ3n) is 5.49. The molecule has 1 fully saturated rings. The van der Waals surface area contributed by atoms with Gasteiger partial charge >= 0.3 is 0 Å². The summed E-state index contributed by atoms with van der Waals surface area (Å²) >= 11 is 0. The molecule has 1 atom stereocenters. The number of ether oxygens (including phenoxy) is 1. The molecule has 0 aliphatic carbocycles. The number of rotatable bonds is 5. The number of nitrogens with zero attached hydrogens (tertiary/aromatic N) is 2. The molecule has 0 unspecified atom stereocenters. The lowest BCUT2D eigenvalue weighted by atomic mass is 9.98. The van der Waals surface area contributed by atoms with Crippen LogP contribution < -0.4 is 9.64 Å². The molecule has 0 spiro atoms. The summed E-state index contributed by atoms with van der Waals surface area (Å²) in [5.74, 6) is 0.930. The molecule has 1 amide bonds. The molecule has 27 heavy (non-hydrogen) atoms. The van der Waals surface area contributed by atoms with E-state index in [4.69, 9.17) is 9.84 Å². The van der Waals surface area contributed by atoms with E-state index in [1.807, 2.05) is 42.5 Å². The highest BCUT2D eigenvalue weighted by molar-refractivity contribution is 6.03. The van der Waals surface area contributed by atoms with Crippen molar-refractivity contribution in [3.8, 4) is 5.75 Å². The molecule has 2 aliphatic rings. The van der Waals surface area contributed by atoms with E-state index in [-0.39, 0.29) is 11.9 Å². The maximum absolute atomic E-state index is 13.1. The van der Waals surface area contributed by atoms with Crippen LogP contribution >= 0.6 is 0 Å². The topological polar surface area (TPSA) is 46.3 Å². The molecule has 4 rings (SSSR count). The lowest BCUT2D eigenvalue weighted by molar-refractivity contribution is -0.879. The van der Waals surface area contributed by atoms with Crippen LogP contribution in [0.3, 0.4) is 0 Å². The number of quaternary nitrogens is 1. The van der Waals surface area contributed by atoms with Crippen molar-refractivity contribution in [2.24, 2.45) is 5.10 Å². The lowest BCUT2D eigenvalue weighted by Crippen LogP contribution is -3.11. The number of benzene rings is 2. The number of hydrazone groups is 1. The third-order valence-corrected chi connectivity index (χ3v) is 5.49. The maximum atomic E-state index is 13.1. The fourth-order valence-electron chi connectivity index (χ4n) is 3.98. The largest absolute Gasteiger partial charge is 0.497 e. The first-order valence-corrected chi connectivity index (χ1v) is 9.67. The number of methoxy groups -OCH3 is 1. The van der Waals surface area contributed by atoms with Gasteiger partial charge in [0.2, 0.25) is 0 Å². The quantitative estimate of drug-likeness (QED) is 0.883. The van der Waals surface area contributed by atoms with Crippen LogP contribution in [0.4, 0.5) is 0 Å². The van der Waals surface area contributed by atoms with E-state index in [2.05, 4.69) is 12.1 Å². The molecular weight excluding hydrogens is 338 g/mol. The van der Waals surface area contributed by atoms with E-state index in [1.54, 1.807) is 12.1 Å². The lowest BCUT2D eigenvalue weighted by Gasteiger charge is -2.23. The summed E-state index contributed by atoms with van der Waals surface area (Å²) in [5.41, 5.74) is 3.15. The molecule has 2 aromatic rings. The van der Waals surface area contributed by atoms with Crippen LogP contribution in [0.1, 0.15) is 36.4 Å². The fraction of sp³-hybridized carbons (Fsp3) is 0.364. The normalized spacial score (nSPS) is 20.0. The van der Waals surface area contributed by atoms with Crippen LogP contribution in [0.5, 0.6) is 5.75 Å². The number of carbonyl (C=O) groups excluding carboxylic acids is 1. The van der Waals surface area contributed by atoms with E-state index in [0.29, 0.717) is 6.54 Å². The summed E-state index contributed by atoms with van der Waals surface area (Å²) in [4.78, 5) is 14.4. The molecule has 0 aromatic heterocycles. The Labute approximate surface area is 160 Å². The van der Waals surface area contributed by atoms with Crippen LogP contribution in [0.2, 0.25) is 0 Å². The average molecular weight is 364 g/mol. The molecule has 1 N–H and O–H groups in total. The Kier molecular flexibility index (Phi) is 5.21.